The van der Waals surface area contributed by atoms with Crippen LogP contribution in [0.25, 0.3) is 17.0 Å². The van der Waals surface area contributed by atoms with Crippen LogP contribution in [0, 0.1) is 5.82 Å². The van der Waals surface area contributed by atoms with Crippen LogP contribution in [0.5, 0.6) is 0 Å². The SMILES string of the molecule is Cn1ncc2c3c(ccc21)N(C(=O)CCc1ccnc(Cl)c1)CC31CCN(C/C=C/c2ccc(F)cc2)CC1. The van der Waals surface area contributed by atoms with Crippen LogP contribution in [-0.2, 0) is 23.7 Å². The van der Waals surface area contributed by atoms with Gasteiger partial charge in [0.2, 0.25) is 5.91 Å². The number of fused-ring (bicyclic) bond motifs is 4. The molecule has 2 aromatic carbocycles. The van der Waals surface area contributed by atoms with Crippen molar-refractivity contribution in [1.82, 2.24) is 19.7 Å². The number of aryl methyl sites for hydroxylation is 2. The summed E-state index contributed by atoms with van der Waals surface area (Å²) in [5.41, 5.74) is 5.32. The van der Waals surface area contributed by atoms with Crippen LogP contribution in [0.4, 0.5) is 10.1 Å². The maximum Gasteiger partial charge on any atom is 0.227 e. The zero-order chi connectivity index (χ0) is 27.0. The molecule has 2 aliphatic rings. The van der Waals surface area contributed by atoms with Gasteiger partial charge >= 0.3 is 0 Å². The third kappa shape index (κ3) is 5.09. The predicted molar refractivity (Wildman–Crippen MR) is 153 cm³/mol. The topological polar surface area (TPSA) is 54.3 Å². The molecule has 39 heavy (non-hydrogen) atoms. The highest BCUT2D eigenvalue weighted by molar-refractivity contribution is 6.29. The number of anilines is 1. The van der Waals surface area contributed by atoms with Gasteiger partial charge in [0.05, 0.1) is 11.7 Å². The summed E-state index contributed by atoms with van der Waals surface area (Å²) in [6.45, 7) is 3.43. The lowest BCUT2D eigenvalue weighted by molar-refractivity contribution is -0.118. The number of carbonyl (C=O) groups excluding carboxylic acids is 1. The van der Waals surface area contributed by atoms with Crippen LogP contribution in [0.3, 0.4) is 0 Å². The van der Waals surface area contributed by atoms with Crippen molar-refractivity contribution < 1.29 is 9.18 Å². The number of likely N-dealkylation sites (tertiary alicyclic amines) is 1. The highest BCUT2D eigenvalue weighted by atomic mass is 35.5. The quantitative estimate of drug-likeness (QED) is 0.289. The van der Waals surface area contributed by atoms with Gasteiger partial charge in [0, 0.05) is 49.2 Å². The summed E-state index contributed by atoms with van der Waals surface area (Å²) in [6, 6.07) is 14.5. The summed E-state index contributed by atoms with van der Waals surface area (Å²) in [5, 5.41) is 6.14. The Hall–Kier alpha value is -3.55. The van der Waals surface area contributed by atoms with Gasteiger partial charge in [-0.15, -0.1) is 0 Å². The fourth-order valence-electron chi connectivity index (χ4n) is 6.16. The number of nitrogens with zero attached hydrogens (tertiary/aromatic N) is 5. The lowest BCUT2D eigenvalue weighted by atomic mass is 9.73. The monoisotopic (exact) mass is 543 g/mol. The largest absolute Gasteiger partial charge is 0.311 e. The van der Waals surface area contributed by atoms with Crippen LogP contribution in [0.2, 0.25) is 5.15 Å². The van der Waals surface area contributed by atoms with Crippen LogP contribution < -0.4 is 4.90 Å². The zero-order valence-corrected chi connectivity index (χ0v) is 22.7. The summed E-state index contributed by atoms with van der Waals surface area (Å²) in [7, 11) is 1.97. The molecule has 0 N–H and O–H groups in total. The number of pyridine rings is 1. The number of aromatic nitrogens is 3. The maximum absolute atomic E-state index is 13.6. The summed E-state index contributed by atoms with van der Waals surface area (Å²) < 4.78 is 15.1. The molecule has 0 radical (unpaired) electrons. The third-order valence-electron chi connectivity index (χ3n) is 8.27. The van der Waals surface area contributed by atoms with Crippen molar-refractivity contribution in [2.24, 2.45) is 7.05 Å². The Morgan fingerprint density at radius 1 is 1.13 bits per heavy atom. The maximum atomic E-state index is 13.6. The van der Waals surface area contributed by atoms with Crippen LogP contribution in [-0.4, -0.2) is 51.8 Å². The van der Waals surface area contributed by atoms with Crippen molar-refractivity contribution in [3.05, 3.63) is 94.7 Å². The van der Waals surface area contributed by atoms with Crippen molar-refractivity contribution in [2.45, 2.75) is 31.1 Å². The normalized spacial score (nSPS) is 16.9. The molecule has 0 saturated carbocycles. The Morgan fingerprint density at radius 3 is 2.69 bits per heavy atom. The van der Waals surface area contributed by atoms with Crippen LogP contribution in [0.15, 0.2) is 67.0 Å². The molecule has 2 aromatic heterocycles. The first-order valence-electron chi connectivity index (χ1n) is 13.4. The van der Waals surface area contributed by atoms with Crippen molar-refractivity contribution in [1.29, 1.82) is 0 Å². The van der Waals surface area contributed by atoms with Gasteiger partial charge in [-0.1, -0.05) is 35.9 Å². The van der Waals surface area contributed by atoms with E-state index in [0.29, 0.717) is 24.5 Å². The molecular weight excluding hydrogens is 513 g/mol. The number of carbonyl (C=O) groups is 1. The number of hydrogen-bond acceptors (Lipinski definition) is 4. The Labute approximate surface area is 232 Å². The minimum Gasteiger partial charge on any atom is -0.311 e. The van der Waals surface area contributed by atoms with Gasteiger partial charge in [0.25, 0.3) is 0 Å². The van der Waals surface area contributed by atoms with Gasteiger partial charge in [-0.3, -0.25) is 14.4 Å². The minimum absolute atomic E-state index is 0.0926. The number of benzene rings is 2. The van der Waals surface area contributed by atoms with E-state index in [0.717, 1.165) is 60.2 Å². The molecule has 4 heterocycles. The van der Waals surface area contributed by atoms with E-state index in [1.807, 2.05) is 41.0 Å². The molecule has 2 aliphatic heterocycles. The number of rotatable bonds is 6. The number of halogens is 2. The minimum atomic E-state index is -0.220. The third-order valence-corrected chi connectivity index (χ3v) is 8.47. The van der Waals surface area contributed by atoms with E-state index in [1.165, 1.54) is 17.7 Å². The second-order valence-corrected chi connectivity index (χ2v) is 11.0. The predicted octanol–water partition coefficient (Wildman–Crippen LogP) is 5.79. The van der Waals surface area contributed by atoms with Crippen molar-refractivity contribution in [3.63, 3.8) is 0 Å². The van der Waals surface area contributed by atoms with E-state index in [2.05, 4.69) is 33.2 Å². The van der Waals surface area contributed by atoms with E-state index in [-0.39, 0.29) is 17.1 Å². The standard InChI is InChI=1S/C31H31ClFN5O/c1-36-26-9-10-27-30(25(26)20-35-36)31(21-38(27)29(39)11-6-23-12-15-34-28(32)19-23)13-17-37(18-14-31)16-2-3-22-4-7-24(33)8-5-22/h2-5,7-10,12,15,19-20H,6,11,13-14,16-18,21H2,1H3/b3-2+. The van der Waals surface area contributed by atoms with Crippen LogP contribution in [0.1, 0.15) is 36.0 Å². The molecule has 0 atom stereocenters. The van der Waals surface area contributed by atoms with Crippen LogP contribution >= 0.6 is 11.6 Å². The van der Waals surface area contributed by atoms with Gasteiger partial charge in [-0.25, -0.2) is 9.37 Å². The van der Waals surface area contributed by atoms with Crippen molar-refractivity contribution in [2.75, 3.05) is 31.1 Å². The number of hydrogen-bond donors (Lipinski definition) is 0. The molecule has 4 aromatic rings. The van der Waals surface area contributed by atoms with E-state index in [9.17, 15) is 9.18 Å². The molecule has 1 saturated heterocycles. The Kier molecular flexibility index (Phi) is 6.95. The van der Waals surface area contributed by atoms with E-state index in [4.69, 9.17) is 11.6 Å². The number of amides is 1. The van der Waals surface area contributed by atoms with E-state index in [1.54, 1.807) is 18.3 Å². The first-order chi connectivity index (χ1) is 18.9. The molecule has 200 valence electrons. The summed E-state index contributed by atoms with van der Waals surface area (Å²) in [4.78, 5) is 22.1. The Bertz CT molecular complexity index is 1540. The van der Waals surface area contributed by atoms with Crippen molar-refractivity contribution >= 4 is 40.2 Å². The first-order valence-corrected chi connectivity index (χ1v) is 13.8. The number of piperidine rings is 1. The molecule has 1 spiro atoms. The van der Waals surface area contributed by atoms with Gasteiger partial charge in [-0.2, -0.15) is 5.10 Å². The summed E-state index contributed by atoms with van der Waals surface area (Å²) in [5.74, 6) is -0.0868. The van der Waals surface area contributed by atoms with Crippen molar-refractivity contribution in [3.8, 4) is 0 Å². The Balaban J connectivity index is 1.20. The Morgan fingerprint density at radius 2 is 1.92 bits per heavy atom. The van der Waals surface area contributed by atoms with E-state index < -0.39 is 0 Å². The molecule has 0 aliphatic carbocycles. The average molecular weight is 544 g/mol. The summed E-state index contributed by atoms with van der Waals surface area (Å²) in [6.07, 6.45) is 10.8. The fourth-order valence-corrected chi connectivity index (χ4v) is 6.35. The molecule has 0 unspecified atom stereocenters. The average Bonchev–Trinajstić information content (AvgIpc) is 3.47. The summed E-state index contributed by atoms with van der Waals surface area (Å²) >= 11 is 6.05. The molecular formula is C31H31ClFN5O. The van der Waals surface area contributed by atoms with Gasteiger partial charge in [-0.05, 0) is 85.4 Å². The molecule has 8 heteroatoms. The molecule has 6 nitrogen and oxygen atoms in total. The highest BCUT2D eigenvalue weighted by Crippen LogP contribution is 2.50. The van der Waals surface area contributed by atoms with E-state index >= 15 is 0 Å². The molecule has 1 amide bonds. The lowest BCUT2D eigenvalue weighted by Crippen LogP contribution is -2.46. The molecule has 1 fully saturated rings. The smallest absolute Gasteiger partial charge is 0.227 e. The second-order valence-electron chi connectivity index (χ2n) is 10.7. The van der Waals surface area contributed by atoms with Gasteiger partial charge in [0.1, 0.15) is 11.0 Å². The molecule has 0 bridgehead atoms. The highest BCUT2D eigenvalue weighted by Gasteiger charge is 2.47. The first kappa shape index (κ1) is 25.7. The van der Waals surface area contributed by atoms with Gasteiger partial charge in [0.15, 0.2) is 0 Å². The zero-order valence-electron chi connectivity index (χ0n) is 22.0. The fraction of sp³-hybridized carbons (Fsp3) is 0.323. The second kappa shape index (κ2) is 10.5. The molecule has 6 rings (SSSR count). The lowest BCUT2D eigenvalue weighted by Gasteiger charge is -2.39. The van der Waals surface area contributed by atoms with Gasteiger partial charge < -0.3 is 4.90 Å².